The van der Waals surface area contributed by atoms with E-state index in [0.29, 0.717) is 17.0 Å². The molecule has 5 nitrogen and oxygen atoms in total. The summed E-state index contributed by atoms with van der Waals surface area (Å²) in [6.45, 7) is 1.75. The molecule has 0 saturated heterocycles. The second kappa shape index (κ2) is 5.95. The summed E-state index contributed by atoms with van der Waals surface area (Å²) >= 11 is 0. The van der Waals surface area contributed by atoms with Gasteiger partial charge in [-0.15, -0.1) is 0 Å². The summed E-state index contributed by atoms with van der Waals surface area (Å²) in [5.74, 6) is -0.142. The molecule has 0 spiro atoms. The molecule has 1 aromatic carbocycles. The first-order valence-corrected chi connectivity index (χ1v) is 5.41. The normalized spacial score (nSPS) is 11.0. The van der Waals surface area contributed by atoms with Crippen molar-refractivity contribution in [3.63, 3.8) is 0 Å². The quantitative estimate of drug-likeness (QED) is 0.453. The molecule has 0 radical (unpaired) electrons. The van der Waals surface area contributed by atoms with Gasteiger partial charge in [0, 0.05) is 19.7 Å². The molecule has 0 bridgehead atoms. The fraction of sp³-hybridized carbons (Fsp3) is 0.308. The van der Waals surface area contributed by atoms with E-state index in [0.717, 1.165) is 0 Å². The highest BCUT2D eigenvalue weighted by Crippen LogP contribution is 2.07. The van der Waals surface area contributed by atoms with Gasteiger partial charge in [-0.3, -0.25) is 4.79 Å². The Labute approximate surface area is 106 Å². The minimum Gasteiger partial charge on any atom is -0.465 e. The van der Waals surface area contributed by atoms with Crippen LogP contribution in [-0.2, 0) is 4.74 Å². The molecule has 0 atom stereocenters. The Morgan fingerprint density at radius 2 is 1.61 bits per heavy atom. The molecule has 0 aromatic heterocycles. The van der Waals surface area contributed by atoms with Gasteiger partial charge in [-0.05, 0) is 31.2 Å². The number of hydrogen-bond donors (Lipinski definition) is 0. The third-order valence-electron chi connectivity index (χ3n) is 2.46. The van der Waals surface area contributed by atoms with E-state index in [4.69, 9.17) is 0 Å². The molecule has 18 heavy (non-hydrogen) atoms. The Hall–Kier alpha value is -2.17. The number of rotatable bonds is 2. The molecular formula is C13H16N2O3. The lowest BCUT2D eigenvalue weighted by Gasteiger charge is -2.10. The zero-order valence-electron chi connectivity index (χ0n) is 10.9. The summed E-state index contributed by atoms with van der Waals surface area (Å²) in [6, 6.07) is 6.20. The molecule has 0 N–H and O–H groups in total. The van der Waals surface area contributed by atoms with Crippen molar-refractivity contribution in [1.29, 1.82) is 0 Å². The van der Waals surface area contributed by atoms with Crippen LogP contribution >= 0.6 is 0 Å². The SMILES string of the molecule is COC(=O)c1ccc(C(=O)N=C(C)N(C)C)cc1. The van der Waals surface area contributed by atoms with Crippen molar-refractivity contribution in [3.8, 4) is 0 Å². The molecule has 5 heteroatoms. The second-order valence-electron chi connectivity index (χ2n) is 3.93. The topological polar surface area (TPSA) is 59.0 Å². The monoisotopic (exact) mass is 248 g/mol. The maximum absolute atomic E-state index is 11.8. The first-order chi connectivity index (χ1) is 8.45. The summed E-state index contributed by atoms with van der Waals surface area (Å²) in [7, 11) is 4.94. The van der Waals surface area contributed by atoms with Crippen molar-refractivity contribution >= 4 is 17.7 Å². The molecule has 0 unspecified atom stereocenters. The van der Waals surface area contributed by atoms with Gasteiger partial charge >= 0.3 is 5.97 Å². The number of amidine groups is 1. The summed E-state index contributed by atoms with van der Waals surface area (Å²) in [6.07, 6.45) is 0. The summed E-state index contributed by atoms with van der Waals surface area (Å²) < 4.78 is 4.57. The lowest BCUT2D eigenvalue weighted by atomic mass is 10.1. The summed E-state index contributed by atoms with van der Waals surface area (Å²) in [4.78, 5) is 28.7. The number of nitrogens with zero attached hydrogens (tertiary/aromatic N) is 2. The van der Waals surface area contributed by atoms with Crippen LogP contribution in [0.5, 0.6) is 0 Å². The molecule has 0 aliphatic carbocycles. The van der Waals surface area contributed by atoms with Crippen molar-refractivity contribution in [2.24, 2.45) is 4.99 Å². The Morgan fingerprint density at radius 3 is 2.06 bits per heavy atom. The summed E-state index contributed by atoms with van der Waals surface area (Å²) in [5.41, 5.74) is 0.839. The fourth-order valence-electron chi connectivity index (χ4n) is 1.18. The van der Waals surface area contributed by atoms with Crippen molar-refractivity contribution < 1.29 is 14.3 Å². The number of benzene rings is 1. The first-order valence-electron chi connectivity index (χ1n) is 5.41. The van der Waals surface area contributed by atoms with Gasteiger partial charge in [0.25, 0.3) is 5.91 Å². The van der Waals surface area contributed by atoms with Gasteiger partial charge in [0.15, 0.2) is 0 Å². The average molecular weight is 248 g/mol. The average Bonchev–Trinajstić information content (AvgIpc) is 2.37. The van der Waals surface area contributed by atoms with Crippen LogP contribution in [0.25, 0.3) is 0 Å². The van der Waals surface area contributed by atoms with Crippen LogP contribution < -0.4 is 0 Å². The minimum absolute atomic E-state index is 0.336. The lowest BCUT2D eigenvalue weighted by Crippen LogP contribution is -2.19. The van der Waals surface area contributed by atoms with Crippen LogP contribution in [0, 0.1) is 0 Å². The van der Waals surface area contributed by atoms with E-state index in [1.807, 2.05) is 14.1 Å². The fourth-order valence-corrected chi connectivity index (χ4v) is 1.18. The van der Waals surface area contributed by atoms with E-state index < -0.39 is 5.97 Å². The van der Waals surface area contributed by atoms with Crippen LogP contribution in [0.1, 0.15) is 27.6 Å². The van der Waals surface area contributed by atoms with E-state index in [1.54, 1.807) is 36.1 Å². The Bertz CT molecular complexity index is 476. The van der Waals surface area contributed by atoms with E-state index in [2.05, 4.69) is 9.73 Å². The Balaban J connectivity index is 2.89. The molecule has 0 saturated carbocycles. The van der Waals surface area contributed by atoms with E-state index in [-0.39, 0.29) is 5.91 Å². The highest BCUT2D eigenvalue weighted by molar-refractivity contribution is 6.03. The zero-order chi connectivity index (χ0) is 13.7. The number of amides is 1. The predicted octanol–water partition coefficient (Wildman–Crippen LogP) is 1.59. The largest absolute Gasteiger partial charge is 0.465 e. The number of carbonyl (C=O) groups excluding carboxylic acids is 2. The van der Waals surface area contributed by atoms with E-state index in [9.17, 15) is 9.59 Å². The molecule has 0 heterocycles. The number of aliphatic imine (C=N–C) groups is 1. The highest BCUT2D eigenvalue weighted by atomic mass is 16.5. The van der Waals surface area contributed by atoms with Crippen LogP contribution in [0.15, 0.2) is 29.3 Å². The predicted molar refractivity (Wildman–Crippen MR) is 68.9 cm³/mol. The first kappa shape index (κ1) is 13.9. The van der Waals surface area contributed by atoms with Crippen LogP contribution in [0.2, 0.25) is 0 Å². The van der Waals surface area contributed by atoms with Gasteiger partial charge in [0.1, 0.15) is 5.84 Å². The molecular weight excluding hydrogens is 232 g/mol. The molecule has 1 amide bonds. The van der Waals surface area contributed by atoms with Crippen molar-refractivity contribution in [1.82, 2.24) is 4.90 Å². The molecule has 0 fully saturated rings. The highest BCUT2D eigenvalue weighted by Gasteiger charge is 2.08. The maximum Gasteiger partial charge on any atom is 0.337 e. The maximum atomic E-state index is 11.8. The number of esters is 1. The van der Waals surface area contributed by atoms with Gasteiger partial charge in [-0.25, -0.2) is 4.79 Å². The third kappa shape index (κ3) is 3.41. The minimum atomic E-state index is -0.429. The van der Waals surface area contributed by atoms with Gasteiger partial charge < -0.3 is 9.64 Å². The standard InChI is InChI=1S/C13H16N2O3/c1-9(15(2)3)14-12(16)10-5-7-11(8-6-10)13(17)18-4/h5-8H,1-4H3. The Kier molecular flexibility index (Phi) is 4.59. The van der Waals surface area contributed by atoms with Crippen molar-refractivity contribution in [2.75, 3.05) is 21.2 Å². The molecule has 1 aromatic rings. The molecule has 0 aliphatic heterocycles. The molecule has 1 rings (SSSR count). The third-order valence-corrected chi connectivity index (χ3v) is 2.46. The lowest BCUT2D eigenvalue weighted by molar-refractivity contribution is 0.0600. The van der Waals surface area contributed by atoms with Crippen LogP contribution in [-0.4, -0.2) is 43.8 Å². The van der Waals surface area contributed by atoms with Gasteiger partial charge in [-0.1, -0.05) is 0 Å². The molecule has 0 aliphatic rings. The number of carbonyl (C=O) groups is 2. The molecule has 96 valence electrons. The second-order valence-corrected chi connectivity index (χ2v) is 3.93. The van der Waals surface area contributed by atoms with Gasteiger partial charge in [0.05, 0.1) is 12.7 Å². The Morgan fingerprint density at radius 1 is 1.11 bits per heavy atom. The van der Waals surface area contributed by atoms with E-state index >= 15 is 0 Å². The number of hydrogen-bond acceptors (Lipinski definition) is 3. The van der Waals surface area contributed by atoms with Crippen LogP contribution in [0.4, 0.5) is 0 Å². The van der Waals surface area contributed by atoms with E-state index in [1.165, 1.54) is 7.11 Å². The van der Waals surface area contributed by atoms with Crippen molar-refractivity contribution in [2.45, 2.75) is 6.92 Å². The van der Waals surface area contributed by atoms with Gasteiger partial charge in [-0.2, -0.15) is 4.99 Å². The summed E-state index contributed by atoms with van der Waals surface area (Å²) in [5, 5.41) is 0. The number of methoxy groups -OCH3 is 1. The smallest absolute Gasteiger partial charge is 0.337 e. The van der Waals surface area contributed by atoms with Crippen LogP contribution in [0.3, 0.4) is 0 Å². The van der Waals surface area contributed by atoms with Crippen molar-refractivity contribution in [3.05, 3.63) is 35.4 Å². The zero-order valence-corrected chi connectivity index (χ0v) is 10.9. The number of ether oxygens (including phenoxy) is 1. The van der Waals surface area contributed by atoms with Gasteiger partial charge in [0.2, 0.25) is 0 Å².